The summed E-state index contributed by atoms with van der Waals surface area (Å²) < 4.78 is 0. The molecule has 76 heavy (non-hydrogen) atoms. The van der Waals surface area contributed by atoms with Gasteiger partial charge in [-0.2, -0.15) is 0 Å². The van der Waals surface area contributed by atoms with Crippen molar-refractivity contribution in [1.29, 1.82) is 0 Å². The second-order valence-corrected chi connectivity index (χ2v) is 27.4. The minimum atomic E-state index is -0.282. The van der Waals surface area contributed by atoms with Crippen molar-refractivity contribution in [2.24, 2.45) is 57.7 Å². The summed E-state index contributed by atoms with van der Waals surface area (Å²) in [7, 11) is 0. The molecule has 5 aromatic rings. The molecule has 12 rings (SSSR count). The lowest BCUT2D eigenvalue weighted by atomic mass is 9.49. The van der Waals surface area contributed by atoms with Crippen molar-refractivity contribution < 1.29 is 0 Å². The van der Waals surface area contributed by atoms with Crippen LogP contribution in [-0.4, -0.2) is 6.04 Å². The van der Waals surface area contributed by atoms with Crippen molar-refractivity contribution in [3.05, 3.63) is 226 Å². The average Bonchev–Trinajstić information content (AvgIpc) is 3.82. The molecule has 0 spiro atoms. The number of benzene rings is 5. The van der Waals surface area contributed by atoms with E-state index in [2.05, 4.69) is 284 Å². The second-order valence-electron chi connectivity index (χ2n) is 27.4. The zero-order valence-corrected chi connectivity index (χ0v) is 48.5. The lowest BCUT2D eigenvalue weighted by Gasteiger charge is -2.56. The lowest BCUT2D eigenvalue weighted by Crippen LogP contribution is -2.49. The van der Waals surface area contributed by atoms with Gasteiger partial charge in [0.1, 0.15) is 0 Å². The number of hydrogen-bond donors (Lipinski definition) is 0. The number of hydrogen-bond acceptors (Lipinski definition) is 2. The van der Waals surface area contributed by atoms with Gasteiger partial charge in [0.15, 0.2) is 0 Å². The highest BCUT2D eigenvalue weighted by Gasteiger charge is 2.54. The third-order valence-electron chi connectivity index (χ3n) is 21.4. The van der Waals surface area contributed by atoms with Gasteiger partial charge in [0.2, 0.25) is 0 Å². The topological polar surface area (TPSA) is 6.48 Å². The van der Waals surface area contributed by atoms with Gasteiger partial charge in [-0.25, -0.2) is 0 Å². The van der Waals surface area contributed by atoms with Crippen LogP contribution in [0.2, 0.25) is 0 Å². The van der Waals surface area contributed by atoms with Crippen molar-refractivity contribution >= 4 is 22.7 Å². The standard InChI is InChI=1S/C74H84N2/c1-45-23-20-25-50(37-45)75(52-34-36-64-59(39-52)57-28-17-19-30-63(57)72(64,10)11)54-41-65-48(4)67(43-54)74(14,15)68-44-55(42-66(49(68)5)71(8,9)61-32-22-31-60(47(61)3)70(65,6)7)76(51-26-21-24-46(2)38-51)53-33-35-58-56-27-16-18-29-62(56)73(12,13)69(58)40-53/h16-40,42-44,47-49,54,56,61-62,65-66H,41H2,1-15H3. The molecule has 390 valence electrons. The summed E-state index contributed by atoms with van der Waals surface area (Å²) in [6, 6.07) is 42.7. The molecule has 2 nitrogen and oxygen atoms in total. The Kier molecular flexibility index (Phi) is 11.8. The molecule has 9 unspecified atom stereocenters. The van der Waals surface area contributed by atoms with Gasteiger partial charge in [0, 0.05) is 45.2 Å². The number of nitrogens with zero attached hydrogens (tertiary/aromatic N) is 2. The molecule has 1 fully saturated rings. The molecule has 7 aliphatic rings. The Morgan fingerprint density at radius 1 is 0.474 bits per heavy atom. The van der Waals surface area contributed by atoms with Gasteiger partial charge in [-0.1, -0.05) is 222 Å². The predicted octanol–water partition coefficient (Wildman–Crippen LogP) is 19.6. The molecule has 0 amide bonds. The van der Waals surface area contributed by atoms with E-state index < -0.39 is 0 Å². The van der Waals surface area contributed by atoms with Gasteiger partial charge < -0.3 is 9.80 Å². The zero-order chi connectivity index (χ0) is 53.6. The highest BCUT2D eigenvalue weighted by Crippen LogP contribution is 2.63. The van der Waals surface area contributed by atoms with Crippen LogP contribution in [0.15, 0.2) is 192 Å². The van der Waals surface area contributed by atoms with Crippen LogP contribution in [0, 0.1) is 71.5 Å². The number of anilines is 4. The Bertz CT molecular complexity index is 3400. The zero-order valence-electron chi connectivity index (χ0n) is 48.5. The van der Waals surface area contributed by atoms with Crippen molar-refractivity contribution in [3.8, 4) is 11.1 Å². The van der Waals surface area contributed by atoms with E-state index in [-0.39, 0.29) is 45.0 Å². The molecular weight excluding hydrogens is 917 g/mol. The summed E-state index contributed by atoms with van der Waals surface area (Å²) >= 11 is 0. The van der Waals surface area contributed by atoms with Crippen LogP contribution in [0.25, 0.3) is 11.1 Å². The summed E-state index contributed by atoms with van der Waals surface area (Å²) in [5.41, 5.74) is 21.6. The average molecular weight is 1000 g/mol. The van der Waals surface area contributed by atoms with Crippen molar-refractivity contribution in [3.63, 3.8) is 0 Å². The number of fused-ring (bicyclic) bond motifs is 12. The predicted molar refractivity (Wildman–Crippen MR) is 324 cm³/mol. The molecule has 0 radical (unpaired) electrons. The van der Waals surface area contributed by atoms with Crippen LogP contribution in [0.5, 0.6) is 0 Å². The first-order valence-corrected chi connectivity index (χ1v) is 29.0. The first kappa shape index (κ1) is 50.7. The smallest absolute Gasteiger partial charge is 0.0528 e. The number of allylic oxidation sites excluding steroid dienone is 12. The molecule has 0 N–H and O–H groups in total. The van der Waals surface area contributed by atoms with Crippen molar-refractivity contribution in [1.82, 2.24) is 0 Å². The fraction of sp³-hybridized carbons (Fsp3) is 0.405. The summed E-state index contributed by atoms with van der Waals surface area (Å²) in [6.07, 6.45) is 26.2. The second kappa shape index (κ2) is 17.7. The third kappa shape index (κ3) is 7.60. The van der Waals surface area contributed by atoms with Crippen LogP contribution in [0.1, 0.15) is 136 Å². The van der Waals surface area contributed by atoms with E-state index in [1.807, 2.05) is 0 Å². The van der Waals surface area contributed by atoms with E-state index >= 15 is 0 Å². The van der Waals surface area contributed by atoms with Crippen LogP contribution >= 0.6 is 0 Å². The van der Waals surface area contributed by atoms with E-state index in [4.69, 9.17) is 0 Å². The quantitative estimate of drug-likeness (QED) is 0.156. The normalized spacial score (nSPS) is 29.2. The Balaban J connectivity index is 1.08. The molecule has 0 aliphatic heterocycles. The summed E-state index contributed by atoms with van der Waals surface area (Å²) in [4.78, 5) is 5.38. The highest BCUT2D eigenvalue weighted by molar-refractivity contribution is 5.84. The van der Waals surface area contributed by atoms with Crippen LogP contribution in [-0.2, 0) is 10.8 Å². The molecule has 2 heteroatoms. The van der Waals surface area contributed by atoms with Gasteiger partial charge >= 0.3 is 0 Å². The maximum atomic E-state index is 2.78. The number of aryl methyl sites for hydroxylation is 2. The van der Waals surface area contributed by atoms with Gasteiger partial charge in [-0.3, -0.25) is 0 Å². The largest absolute Gasteiger partial charge is 0.334 e. The first-order chi connectivity index (χ1) is 36.0. The van der Waals surface area contributed by atoms with E-state index in [1.165, 1.54) is 73.0 Å². The number of rotatable bonds is 6. The minimum Gasteiger partial charge on any atom is -0.334 e. The van der Waals surface area contributed by atoms with E-state index in [9.17, 15) is 0 Å². The van der Waals surface area contributed by atoms with E-state index in [0.29, 0.717) is 35.5 Å². The first-order valence-electron chi connectivity index (χ1n) is 29.0. The summed E-state index contributed by atoms with van der Waals surface area (Å²) in [5.74, 6) is 2.82. The van der Waals surface area contributed by atoms with Gasteiger partial charge in [0.25, 0.3) is 0 Å². The van der Waals surface area contributed by atoms with Crippen molar-refractivity contribution in [2.45, 2.75) is 133 Å². The van der Waals surface area contributed by atoms with Crippen LogP contribution in [0.4, 0.5) is 22.7 Å². The summed E-state index contributed by atoms with van der Waals surface area (Å²) in [5, 5.41) is 0. The molecule has 1 saturated carbocycles. The molecule has 5 aromatic carbocycles. The van der Waals surface area contributed by atoms with Gasteiger partial charge in [-0.05, 0) is 177 Å². The Hall–Kier alpha value is -6.12. The van der Waals surface area contributed by atoms with Crippen LogP contribution in [0.3, 0.4) is 0 Å². The summed E-state index contributed by atoms with van der Waals surface area (Å²) in [6.45, 7) is 37.7. The minimum absolute atomic E-state index is 0.00137. The fourth-order valence-electron chi connectivity index (χ4n) is 17.4. The van der Waals surface area contributed by atoms with Gasteiger partial charge in [0.05, 0.1) is 6.04 Å². The molecule has 7 aliphatic carbocycles. The molecule has 0 aromatic heterocycles. The Labute approximate surface area is 457 Å². The third-order valence-corrected chi connectivity index (χ3v) is 21.4. The highest BCUT2D eigenvalue weighted by atomic mass is 15.2. The van der Waals surface area contributed by atoms with Gasteiger partial charge in [-0.15, -0.1) is 0 Å². The van der Waals surface area contributed by atoms with E-state index in [0.717, 1.165) is 6.42 Å². The maximum Gasteiger partial charge on any atom is 0.0528 e. The Morgan fingerprint density at radius 3 is 1.86 bits per heavy atom. The SMILES string of the molecule is Cc1cccc(N(C2=CC3C(C)C(=C2)C(C)(C)C2=CC(N(c4cccc(C)c4)c4ccc5c(c4)-c4ccccc4C5(C)C)CC(C2C)C(C)(C)C2=CC=CC(C2C)C3(C)C)c2ccc3c(c2)C(C)(C)C2C=CC=CC32)c1. The van der Waals surface area contributed by atoms with E-state index in [1.54, 1.807) is 16.7 Å². The van der Waals surface area contributed by atoms with Crippen molar-refractivity contribution in [2.75, 3.05) is 9.80 Å². The Morgan fingerprint density at radius 2 is 1.11 bits per heavy atom. The monoisotopic (exact) mass is 1000 g/mol. The maximum absolute atomic E-state index is 2.78. The lowest BCUT2D eigenvalue weighted by molar-refractivity contribution is 0.0807. The fourth-order valence-corrected chi connectivity index (χ4v) is 17.4. The molecule has 9 atom stereocenters. The molecular formula is C74H84N2. The molecule has 0 saturated heterocycles. The van der Waals surface area contributed by atoms with Crippen LogP contribution < -0.4 is 9.80 Å². The molecule has 0 heterocycles. The molecule has 6 bridgehead atoms.